The molecule has 0 aliphatic rings. The van der Waals surface area contributed by atoms with Crippen LogP contribution in [0.15, 0.2) is 42.9 Å². The van der Waals surface area contributed by atoms with Gasteiger partial charge < -0.3 is 5.73 Å². The summed E-state index contributed by atoms with van der Waals surface area (Å²) < 4.78 is 0. The lowest BCUT2D eigenvalue weighted by atomic mass is 10.0. The first-order valence-corrected chi connectivity index (χ1v) is 4.97. The zero-order valence-electron chi connectivity index (χ0n) is 8.51. The fraction of sp³-hybridized carbons (Fsp3) is 0. The molecule has 3 rings (SSSR count). The monoisotopic (exact) mass is 210 g/mol. The summed E-state index contributed by atoms with van der Waals surface area (Å²) in [6, 6.07) is 8.13. The van der Waals surface area contributed by atoms with Gasteiger partial charge in [-0.15, -0.1) is 0 Å². The Balaban J connectivity index is 2.23. The normalized spacial score (nSPS) is 10.8. The Labute approximate surface area is 92.1 Å². The van der Waals surface area contributed by atoms with Crippen LogP contribution in [0, 0.1) is 0 Å². The van der Waals surface area contributed by atoms with Crippen LogP contribution in [0.25, 0.3) is 21.9 Å². The largest absolute Gasteiger partial charge is 0.384 e. The molecule has 1 aromatic carbocycles. The number of nitrogens with two attached hydrogens (primary N) is 1. The first-order valence-electron chi connectivity index (χ1n) is 4.97. The number of aromatic nitrogens is 3. The molecular formula is C12H10N4. The van der Waals surface area contributed by atoms with Crippen molar-refractivity contribution < 1.29 is 0 Å². The van der Waals surface area contributed by atoms with Crippen molar-refractivity contribution in [1.29, 1.82) is 0 Å². The summed E-state index contributed by atoms with van der Waals surface area (Å²) >= 11 is 0. The van der Waals surface area contributed by atoms with E-state index in [1.165, 1.54) is 5.39 Å². The molecule has 0 aliphatic carbocycles. The van der Waals surface area contributed by atoms with E-state index in [0.717, 1.165) is 16.5 Å². The summed E-state index contributed by atoms with van der Waals surface area (Å²) in [5, 5.41) is 8.91. The van der Waals surface area contributed by atoms with E-state index in [2.05, 4.69) is 27.3 Å². The number of hydrogen-bond acceptors (Lipinski definition) is 3. The van der Waals surface area contributed by atoms with Crippen LogP contribution in [0.3, 0.4) is 0 Å². The average Bonchev–Trinajstić information content (AvgIpc) is 2.75. The van der Waals surface area contributed by atoms with Gasteiger partial charge in [0.1, 0.15) is 5.82 Å². The predicted molar refractivity (Wildman–Crippen MR) is 63.7 cm³/mol. The van der Waals surface area contributed by atoms with Crippen LogP contribution in [-0.4, -0.2) is 15.2 Å². The smallest absolute Gasteiger partial charge is 0.126 e. The van der Waals surface area contributed by atoms with Gasteiger partial charge in [-0.3, -0.25) is 10.1 Å². The number of aromatic amines is 1. The van der Waals surface area contributed by atoms with Crippen LogP contribution in [0.1, 0.15) is 0 Å². The number of hydrogen-bond donors (Lipinski definition) is 2. The van der Waals surface area contributed by atoms with E-state index >= 15 is 0 Å². The summed E-state index contributed by atoms with van der Waals surface area (Å²) in [5.41, 5.74) is 7.75. The van der Waals surface area contributed by atoms with E-state index in [4.69, 9.17) is 5.73 Å². The second-order valence-corrected chi connectivity index (χ2v) is 3.63. The molecule has 0 fully saturated rings. The van der Waals surface area contributed by atoms with Gasteiger partial charge in [-0.1, -0.05) is 12.1 Å². The van der Waals surface area contributed by atoms with Crippen LogP contribution in [0.2, 0.25) is 0 Å². The third-order valence-electron chi connectivity index (χ3n) is 2.62. The number of fused-ring (bicyclic) bond motifs is 1. The average molecular weight is 210 g/mol. The van der Waals surface area contributed by atoms with Gasteiger partial charge in [0.2, 0.25) is 0 Å². The number of pyridine rings is 1. The molecule has 0 radical (unpaired) electrons. The molecule has 0 bridgehead atoms. The van der Waals surface area contributed by atoms with Crippen molar-refractivity contribution in [2.45, 2.75) is 0 Å². The van der Waals surface area contributed by atoms with Crippen molar-refractivity contribution in [3.63, 3.8) is 0 Å². The van der Waals surface area contributed by atoms with Gasteiger partial charge in [-0.25, -0.2) is 0 Å². The van der Waals surface area contributed by atoms with Crippen molar-refractivity contribution in [2.24, 2.45) is 0 Å². The highest BCUT2D eigenvalue weighted by atomic mass is 15.1. The van der Waals surface area contributed by atoms with Crippen molar-refractivity contribution in [3.8, 4) is 11.1 Å². The third-order valence-corrected chi connectivity index (χ3v) is 2.62. The molecule has 0 saturated carbocycles. The molecule has 3 aromatic rings. The molecule has 0 atom stereocenters. The number of nitrogens with zero attached hydrogens (tertiary/aromatic N) is 2. The highest BCUT2D eigenvalue weighted by molar-refractivity contribution is 5.88. The van der Waals surface area contributed by atoms with Crippen LogP contribution in [0.5, 0.6) is 0 Å². The fourth-order valence-electron chi connectivity index (χ4n) is 1.78. The second-order valence-electron chi connectivity index (χ2n) is 3.63. The molecule has 0 amide bonds. The number of nitrogen functional groups attached to an aromatic ring is 1. The van der Waals surface area contributed by atoms with E-state index in [-0.39, 0.29) is 0 Å². The zero-order valence-corrected chi connectivity index (χ0v) is 8.51. The highest BCUT2D eigenvalue weighted by Crippen LogP contribution is 2.26. The second kappa shape index (κ2) is 3.34. The van der Waals surface area contributed by atoms with Crippen molar-refractivity contribution in [3.05, 3.63) is 42.9 Å². The topological polar surface area (TPSA) is 67.6 Å². The molecule has 4 nitrogen and oxygen atoms in total. The summed E-state index contributed by atoms with van der Waals surface area (Å²) in [6.45, 7) is 0. The first-order chi connectivity index (χ1) is 7.84. The SMILES string of the molecule is Nc1[nH]ncc1-c1ccc2ccncc2c1. The van der Waals surface area contributed by atoms with E-state index in [0.29, 0.717) is 5.82 Å². The molecule has 78 valence electrons. The van der Waals surface area contributed by atoms with E-state index < -0.39 is 0 Å². The quantitative estimate of drug-likeness (QED) is 0.647. The van der Waals surface area contributed by atoms with Gasteiger partial charge in [0.25, 0.3) is 0 Å². The highest BCUT2D eigenvalue weighted by Gasteiger charge is 2.04. The molecular weight excluding hydrogens is 200 g/mol. The maximum absolute atomic E-state index is 5.78. The van der Waals surface area contributed by atoms with Crippen LogP contribution >= 0.6 is 0 Å². The van der Waals surface area contributed by atoms with E-state index in [9.17, 15) is 0 Å². The van der Waals surface area contributed by atoms with Crippen molar-refractivity contribution >= 4 is 16.6 Å². The van der Waals surface area contributed by atoms with Gasteiger partial charge in [0.05, 0.1) is 6.20 Å². The number of anilines is 1. The Bertz CT molecular complexity index is 642. The molecule has 2 aromatic heterocycles. The lowest BCUT2D eigenvalue weighted by Crippen LogP contribution is -1.87. The standard InChI is InChI=1S/C12H10N4/c13-12-11(7-15-16-12)9-2-1-8-3-4-14-6-10(8)5-9/h1-7H,(H3,13,15,16). The van der Waals surface area contributed by atoms with E-state index in [1.807, 2.05) is 18.3 Å². The zero-order chi connectivity index (χ0) is 11.0. The lowest BCUT2D eigenvalue weighted by Gasteiger charge is -2.01. The molecule has 4 heteroatoms. The molecule has 0 spiro atoms. The number of benzene rings is 1. The van der Waals surface area contributed by atoms with Gasteiger partial charge in [0, 0.05) is 23.3 Å². The summed E-state index contributed by atoms with van der Waals surface area (Å²) in [4.78, 5) is 4.10. The van der Waals surface area contributed by atoms with Gasteiger partial charge >= 0.3 is 0 Å². The minimum absolute atomic E-state index is 0.586. The van der Waals surface area contributed by atoms with Crippen LogP contribution in [0.4, 0.5) is 5.82 Å². The minimum atomic E-state index is 0.586. The Morgan fingerprint density at radius 2 is 2.00 bits per heavy atom. The molecule has 16 heavy (non-hydrogen) atoms. The number of rotatable bonds is 1. The minimum Gasteiger partial charge on any atom is -0.384 e. The first kappa shape index (κ1) is 8.91. The summed E-state index contributed by atoms with van der Waals surface area (Å²) in [6.07, 6.45) is 5.36. The Kier molecular flexibility index (Phi) is 1.86. The van der Waals surface area contributed by atoms with Crippen molar-refractivity contribution in [2.75, 3.05) is 5.73 Å². The lowest BCUT2D eigenvalue weighted by molar-refractivity contribution is 1.10. The third kappa shape index (κ3) is 1.32. The van der Waals surface area contributed by atoms with Gasteiger partial charge in [0.15, 0.2) is 0 Å². The fourth-order valence-corrected chi connectivity index (χ4v) is 1.78. The maximum atomic E-state index is 5.78. The summed E-state index contributed by atoms with van der Waals surface area (Å²) in [7, 11) is 0. The molecule has 0 saturated heterocycles. The van der Waals surface area contributed by atoms with Gasteiger partial charge in [-0.2, -0.15) is 5.10 Å². The van der Waals surface area contributed by atoms with Crippen LogP contribution in [-0.2, 0) is 0 Å². The number of nitrogens with one attached hydrogen (secondary N) is 1. The number of H-pyrrole nitrogens is 1. The van der Waals surface area contributed by atoms with Gasteiger partial charge in [-0.05, 0) is 23.1 Å². The molecule has 0 unspecified atom stereocenters. The van der Waals surface area contributed by atoms with Crippen LogP contribution < -0.4 is 5.73 Å². The Morgan fingerprint density at radius 3 is 2.81 bits per heavy atom. The summed E-state index contributed by atoms with van der Waals surface area (Å²) in [5.74, 6) is 0.586. The van der Waals surface area contributed by atoms with Crippen molar-refractivity contribution in [1.82, 2.24) is 15.2 Å². The molecule has 0 aliphatic heterocycles. The Morgan fingerprint density at radius 1 is 1.06 bits per heavy atom. The molecule has 3 N–H and O–H groups in total. The predicted octanol–water partition coefficient (Wildman–Crippen LogP) is 2.21. The molecule has 2 heterocycles. The maximum Gasteiger partial charge on any atom is 0.126 e. The van der Waals surface area contributed by atoms with E-state index in [1.54, 1.807) is 12.4 Å². The Hall–Kier alpha value is -2.36.